The van der Waals surface area contributed by atoms with Gasteiger partial charge >= 0.3 is 0 Å². The van der Waals surface area contributed by atoms with Gasteiger partial charge in [-0.25, -0.2) is 4.21 Å². The number of rotatable bonds is 2. The monoisotopic (exact) mass is 209 g/mol. The van der Waals surface area contributed by atoms with Crippen molar-refractivity contribution in [2.45, 2.75) is 12.8 Å². The largest absolute Gasteiger partial charge is 0.740 e. The summed E-state index contributed by atoms with van der Waals surface area (Å²) >= 11 is -2.49. The highest BCUT2D eigenvalue weighted by Gasteiger charge is 2.12. The van der Waals surface area contributed by atoms with E-state index in [1.807, 2.05) is 24.3 Å². The van der Waals surface area contributed by atoms with Crippen LogP contribution in [-0.2, 0) is 22.0 Å². The van der Waals surface area contributed by atoms with Gasteiger partial charge in [-0.1, -0.05) is 24.3 Å². The summed E-state index contributed by atoms with van der Waals surface area (Å²) in [6.45, 7) is 0. The molecule has 0 bridgehead atoms. The fourth-order valence-electron chi connectivity index (χ4n) is 1.60. The van der Waals surface area contributed by atoms with Crippen LogP contribution in [0.25, 0.3) is 5.76 Å². The molecule has 1 aromatic carbocycles. The summed E-state index contributed by atoms with van der Waals surface area (Å²) in [5.74, 6) is 0.445. The van der Waals surface area contributed by atoms with Crippen LogP contribution < -0.4 is 0 Å². The highest BCUT2D eigenvalue weighted by molar-refractivity contribution is 7.74. The van der Waals surface area contributed by atoms with E-state index in [0.717, 1.165) is 24.0 Å². The van der Waals surface area contributed by atoms with Crippen molar-refractivity contribution in [3.8, 4) is 0 Å². The Bertz CT molecular complexity index is 398. The standard InChI is InChI=1S/C10H10O3S/c11-14(12)13-10-7-3-5-8-4-1-2-6-9(8)10/h1-2,4,6-7H,3,5H2,(H,11,12)/p-1. The predicted octanol–water partition coefficient (Wildman–Crippen LogP) is 1.78. The number of allylic oxidation sites excluding steroid dienone is 1. The normalized spacial score (nSPS) is 16.8. The molecule has 0 saturated carbocycles. The lowest BCUT2D eigenvalue weighted by molar-refractivity contribution is 0.420. The second kappa shape index (κ2) is 3.94. The highest BCUT2D eigenvalue weighted by atomic mass is 32.2. The van der Waals surface area contributed by atoms with Crippen LogP contribution in [0.3, 0.4) is 0 Å². The quantitative estimate of drug-likeness (QED) is 0.697. The molecular formula is C10H9O3S-. The summed E-state index contributed by atoms with van der Waals surface area (Å²) in [6.07, 6.45) is 3.57. The first kappa shape index (κ1) is 9.43. The van der Waals surface area contributed by atoms with Gasteiger partial charge in [-0.3, -0.25) is 0 Å². The van der Waals surface area contributed by atoms with Gasteiger partial charge < -0.3 is 8.74 Å². The average Bonchev–Trinajstić information content (AvgIpc) is 2.18. The summed E-state index contributed by atoms with van der Waals surface area (Å²) in [7, 11) is 0. The van der Waals surface area contributed by atoms with E-state index in [1.54, 1.807) is 6.08 Å². The summed E-state index contributed by atoms with van der Waals surface area (Å²) < 4.78 is 25.5. The maximum atomic E-state index is 10.4. The van der Waals surface area contributed by atoms with E-state index in [9.17, 15) is 8.76 Å². The molecule has 0 fully saturated rings. The molecule has 0 aliphatic heterocycles. The lowest BCUT2D eigenvalue weighted by Gasteiger charge is -2.18. The molecule has 4 heteroatoms. The van der Waals surface area contributed by atoms with Crippen molar-refractivity contribution in [2.24, 2.45) is 0 Å². The molecule has 14 heavy (non-hydrogen) atoms. The molecule has 0 saturated heterocycles. The van der Waals surface area contributed by atoms with Gasteiger partial charge in [-0.05, 0) is 24.5 Å². The van der Waals surface area contributed by atoms with Gasteiger partial charge in [0.05, 0.1) is 0 Å². The number of fused-ring (bicyclic) bond motifs is 1. The molecule has 0 radical (unpaired) electrons. The maximum absolute atomic E-state index is 10.4. The minimum Gasteiger partial charge on any atom is -0.740 e. The minimum atomic E-state index is -2.49. The third-order valence-corrected chi connectivity index (χ3v) is 2.50. The molecule has 0 spiro atoms. The van der Waals surface area contributed by atoms with Crippen molar-refractivity contribution in [1.82, 2.24) is 0 Å². The van der Waals surface area contributed by atoms with Gasteiger partial charge in [-0.15, -0.1) is 0 Å². The van der Waals surface area contributed by atoms with Crippen LogP contribution in [0, 0.1) is 0 Å². The van der Waals surface area contributed by atoms with Gasteiger partial charge in [-0.2, -0.15) is 0 Å². The smallest absolute Gasteiger partial charge is 0.142 e. The molecule has 0 N–H and O–H groups in total. The van der Waals surface area contributed by atoms with Crippen molar-refractivity contribution in [3.05, 3.63) is 41.5 Å². The Balaban J connectivity index is 2.35. The molecule has 2 rings (SSSR count). The Morgan fingerprint density at radius 1 is 1.36 bits per heavy atom. The van der Waals surface area contributed by atoms with E-state index >= 15 is 0 Å². The SMILES string of the molecule is O=S([O-])OC1=CCCc2ccccc21. The molecule has 0 heterocycles. The second-order valence-electron chi connectivity index (χ2n) is 3.05. The van der Waals surface area contributed by atoms with E-state index in [-0.39, 0.29) is 0 Å². The maximum Gasteiger partial charge on any atom is 0.142 e. The fourth-order valence-corrected chi connectivity index (χ4v) is 1.90. The molecule has 1 aromatic rings. The predicted molar refractivity (Wildman–Crippen MR) is 52.7 cm³/mol. The number of benzene rings is 1. The Kier molecular flexibility index (Phi) is 2.65. The molecule has 0 aromatic heterocycles. The molecule has 74 valence electrons. The number of hydrogen-bond donors (Lipinski definition) is 0. The Morgan fingerprint density at radius 2 is 2.14 bits per heavy atom. The van der Waals surface area contributed by atoms with E-state index in [0.29, 0.717) is 5.76 Å². The third kappa shape index (κ3) is 1.86. The van der Waals surface area contributed by atoms with Crippen LogP contribution >= 0.6 is 0 Å². The Morgan fingerprint density at radius 3 is 2.93 bits per heavy atom. The van der Waals surface area contributed by atoms with Crippen molar-refractivity contribution >= 4 is 17.1 Å². The second-order valence-corrected chi connectivity index (χ2v) is 3.63. The third-order valence-electron chi connectivity index (χ3n) is 2.18. The number of hydrogen-bond acceptors (Lipinski definition) is 3. The van der Waals surface area contributed by atoms with E-state index in [1.165, 1.54) is 0 Å². The lowest BCUT2D eigenvalue weighted by atomic mass is 9.96. The average molecular weight is 209 g/mol. The first-order valence-corrected chi connectivity index (χ1v) is 5.33. The zero-order chi connectivity index (χ0) is 9.97. The van der Waals surface area contributed by atoms with Crippen LogP contribution in [0.5, 0.6) is 0 Å². The van der Waals surface area contributed by atoms with Gasteiger partial charge in [0.2, 0.25) is 0 Å². The van der Waals surface area contributed by atoms with Gasteiger partial charge in [0, 0.05) is 5.56 Å². The summed E-state index contributed by atoms with van der Waals surface area (Å²) in [5.41, 5.74) is 2.01. The topological polar surface area (TPSA) is 49.4 Å². The summed E-state index contributed by atoms with van der Waals surface area (Å²) in [4.78, 5) is 0. The molecule has 1 aliphatic carbocycles. The van der Waals surface area contributed by atoms with E-state index in [4.69, 9.17) is 4.18 Å². The van der Waals surface area contributed by atoms with Crippen molar-refractivity contribution < 1.29 is 12.9 Å². The van der Waals surface area contributed by atoms with Crippen LogP contribution in [-0.4, -0.2) is 8.76 Å². The van der Waals surface area contributed by atoms with Crippen molar-refractivity contribution in [1.29, 1.82) is 0 Å². The Labute approximate surface area is 84.9 Å². The first-order valence-electron chi connectivity index (χ1n) is 4.33. The fraction of sp³-hybridized carbons (Fsp3) is 0.200. The van der Waals surface area contributed by atoms with Crippen molar-refractivity contribution in [2.75, 3.05) is 0 Å². The number of aryl methyl sites for hydroxylation is 1. The molecule has 1 unspecified atom stereocenters. The molecular weight excluding hydrogens is 200 g/mol. The molecule has 3 nitrogen and oxygen atoms in total. The zero-order valence-electron chi connectivity index (χ0n) is 7.43. The highest BCUT2D eigenvalue weighted by Crippen LogP contribution is 2.27. The first-order chi connectivity index (χ1) is 6.77. The molecule has 1 aliphatic rings. The molecule has 1 atom stereocenters. The molecule has 0 amide bonds. The van der Waals surface area contributed by atoms with Gasteiger partial charge in [0.15, 0.2) is 0 Å². The van der Waals surface area contributed by atoms with Crippen molar-refractivity contribution in [3.63, 3.8) is 0 Å². The minimum absolute atomic E-state index is 0.445. The van der Waals surface area contributed by atoms with Gasteiger partial charge in [0.25, 0.3) is 0 Å². The Hall–Kier alpha value is -1.13. The van der Waals surface area contributed by atoms with Crippen LogP contribution in [0.2, 0.25) is 0 Å². The van der Waals surface area contributed by atoms with Crippen LogP contribution in [0.15, 0.2) is 30.3 Å². The zero-order valence-corrected chi connectivity index (χ0v) is 8.25. The summed E-state index contributed by atoms with van der Waals surface area (Å²) in [5, 5.41) is 0. The summed E-state index contributed by atoms with van der Waals surface area (Å²) in [6, 6.07) is 7.66. The lowest BCUT2D eigenvalue weighted by Crippen LogP contribution is -2.03. The van der Waals surface area contributed by atoms with E-state index < -0.39 is 11.4 Å². The van der Waals surface area contributed by atoms with E-state index in [2.05, 4.69) is 0 Å². The van der Waals surface area contributed by atoms with Gasteiger partial charge in [0.1, 0.15) is 17.1 Å². The van der Waals surface area contributed by atoms with Crippen LogP contribution in [0.4, 0.5) is 0 Å². The van der Waals surface area contributed by atoms with Crippen LogP contribution in [0.1, 0.15) is 17.5 Å².